The van der Waals surface area contributed by atoms with Crippen molar-refractivity contribution >= 4 is 28.7 Å². The van der Waals surface area contributed by atoms with Crippen molar-refractivity contribution in [3.8, 4) is 0 Å². The summed E-state index contributed by atoms with van der Waals surface area (Å²) in [6.07, 6.45) is 2.27. The number of ketones is 1. The van der Waals surface area contributed by atoms with Crippen LogP contribution >= 0.6 is 11.3 Å². The lowest BCUT2D eigenvalue weighted by molar-refractivity contribution is -0.125. The lowest BCUT2D eigenvalue weighted by Crippen LogP contribution is -2.41. The molecule has 0 spiro atoms. The van der Waals surface area contributed by atoms with E-state index in [9.17, 15) is 14.0 Å². The molecule has 0 radical (unpaired) electrons. The van der Waals surface area contributed by atoms with E-state index in [0.29, 0.717) is 38.2 Å². The molecule has 1 fully saturated rings. The van der Waals surface area contributed by atoms with Gasteiger partial charge in [-0.25, -0.2) is 4.39 Å². The molecule has 2 heterocycles. The van der Waals surface area contributed by atoms with Crippen molar-refractivity contribution in [1.29, 1.82) is 0 Å². The van der Waals surface area contributed by atoms with Gasteiger partial charge in [-0.1, -0.05) is 12.1 Å². The maximum absolute atomic E-state index is 14.0. The molecule has 138 valence electrons. The van der Waals surface area contributed by atoms with Gasteiger partial charge in [-0.15, -0.1) is 11.3 Å². The predicted octanol–water partition coefficient (Wildman–Crippen LogP) is 3.67. The van der Waals surface area contributed by atoms with Crippen molar-refractivity contribution < 1.29 is 14.0 Å². The molecule has 1 aromatic heterocycles. The number of piperidine rings is 1. The number of amides is 1. The standard InChI is InChI=1S/C20H23FN2O2S/c1-14(24)19-17(21)5-2-6-18(19)23-11-8-15(9-12-23)20(25)22-10-7-16-4-3-13-26-16/h2-6,13,15H,7-12H2,1H3,(H,22,25). The second-order valence-corrected chi connectivity index (χ2v) is 7.60. The van der Waals surface area contributed by atoms with E-state index in [1.807, 2.05) is 16.3 Å². The van der Waals surface area contributed by atoms with E-state index in [-0.39, 0.29) is 23.2 Å². The molecular weight excluding hydrogens is 351 g/mol. The van der Waals surface area contributed by atoms with E-state index in [2.05, 4.69) is 11.4 Å². The number of rotatable bonds is 6. The second-order valence-electron chi connectivity index (χ2n) is 6.57. The van der Waals surface area contributed by atoms with Crippen molar-refractivity contribution in [2.24, 2.45) is 5.92 Å². The summed E-state index contributed by atoms with van der Waals surface area (Å²) in [6, 6.07) is 8.80. The van der Waals surface area contributed by atoms with Gasteiger partial charge in [-0.05, 0) is 49.8 Å². The Hall–Kier alpha value is -2.21. The number of carbonyl (C=O) groups is 2. The van der Waals surface area contributed by atoms with Gasteiger partial charge >= 0.3 is 0 Å². The van der Waals surface area contributed by atoms with Crippen LogP contribution in [0.5, 0.6) is 0 Å². The lowest BCUT2D eigenvalue weighted by Gasteiger charge is -2.34. The van der Waals surface area contributed by atoms with E-state index in [0.717, 1.165) is 6.42 Å². The Kier molecular flexibility index (Phi) is 6.04. The molecule has 0 aliphatic carbocycles. The summed E-state index contributed by atoms with van der Waals surface area (Å²) in [7, 11) is 0. The van der Waals surface area contributed by atoms with Crippen LogP contribution in [0.3, 0.4) is 0 Å². The Morgan fingerprint density at radius 2 is 2.00 bits per heavy atom. The Balaban J connectivity index is 1.53. The van der Waals surface area contributed by atoms with Crippen LogP contribution in [0.4, 0.5) is 10.1 Å². The summed E-state index contributed by atoms with van der Waals surface area (Å²) < 4.78 is 14.0. The number of hydrogen-bond acceptors (Lipinski definition) is 4. The van der Waals surface area contributed by atoms with Gasteiger partial charge in [0.25, 0.3) is 0 Å². The summed E-state index contributed by atoms with van der Waals surface area (Å²) in [4.78, 5) is 27.4. The molecule has 1 aromatic carbocycles. The minimum Gasteiger partial charge on any atom is -0.371 e. The monoisotopic (exact) mass is 374 g/mol. The third-order valence-electron chi connectivity index (χ3n) is 4.80. The molecule has 1 aliphatic heterocycles. The van der Waals surface area contributed by atoms with Crippen LogP contribution in [0.15, 0.2) is 35.7 Å². The van der Waals surface area contributed by atoms with Gasteiger partial charge in [0.1, 0.15) is 5.82 Å². The van der Waals surface area contributed by atoms with E-state index in [1.165, 1.54) is 17.9 Å². The molecule has 6 heteroatoms. The number of nitrogens with zero attached hydrogens (tertiary/aromatic N) is 1. The highest BCUT2D eigenvalue weighted by Crippen LogP contribution is 2.28. The SMILES string of the molecule is CC(=O)c1c(F)cccc1N1CCC(C(=O)NCCc2cccs2)CC1. The van der Waals surface area contributed by atoms with Crippen LogP contribution in [0.1, 0.15) is 35.0 Å². The van der Waals surface area contributed by atoms with Gasteiger partial charge in [-0.2, -0.15) is 0 Å². The Bertz CT molecular complexity index is 768. The van der Waals surface area contributed by atoms with Crippen LogP contribution in [0, 0.1) is 11.7 Å². The Labute approximate surface area is 157 Å². The smallest absolute Gasteiger partial charge is 0.223 e. The summed E-state index contributed by atoms with van der Waals surface area (Å²) in [6.45, 7) is 3.33. The zero-order valence-corrected chi connectivity index (χ0v) is 15.7. The second kappa shape index (κ2) is 8.45. The van der Waals surface area contributed by atoms with Crippen LogP contribution in [0.25, 0.3) is 0 Å². The molecule has 1 N–H and O–H groups in total. The first-order valence-corrected chi connectivity index (χ1v) is 9.78. The molecule has 2 aromatic rings. The number of thiophene rings is 1. The molecule has 0 bridgehead atoms. The minimum absolute atomic E-state index is 0.0241. The molecule has 1 saturated heterocycles. The van der Waals surface area contributed by atoms with Crippen LogP contribution in [0.2, 0.25) is 0 Å². The highest BCUT2D eigenvalue weighted by Gasteiger charge is 2.27. The Morgan fingerprint density at radius 1 is 1.23 bits per heavy atom. The first-order valence-electron chi connectivity index (χ1n) is 8.90. The third kappa shape index (κ3) is 4.30. The van der Waals surface area contributed by atoms with E-state index < -0.39 is 5.82 Å². The fraction of sp³-hybridized carbons (Fsp3) is 0.400. The molecule has 4 nitrogen and oxygen atoms in total. The molecular formula is C20H23FN2O2S. The largest absolute Gasteiger partial charge is 0.371 e. The van der Waals surface area contributed by atoms with Crippen LogP contribution in [-0.4, -0.2) is 31.3 Å². The van der Waals surface area contributed by atoms with Crippen molar-refractivity contribution in [3.63, 3.8) is 0 Å². The van der Waals surface area contributed by atoms with Crippen molar-refractivity contribution in [3.05, 3.63) is 52.0 Å². The molecule has 3 rings (SSSR count). The first kappa shape index (κ1) is 18.6. The molecule has 0 unspecified atom stereocenters. The van der Waals surface area contributed by atoms with Gasteiger partial charge in [0.15, 0.2) is 5.78 Å². The summed E-state index contributed by atoms with van der Waals surface area (Å²) >= 11 is 1.70. The maximum Gasteiger partial charge on any atom is 0.223 e. The quantitative estimate of drug-likeness (QED) is 0.785. The number of carbonyl (C=O) groups excluding carboxylic acids is 2. The number of anilines is 1. The van der Waals surface area contributed by atoms with Crippen molar-refractivity contribution in [1.82, 2.24) is 5.32 Å². The van der Waals surface area contributed by atoms with Gasteiger partial charge in [0.05, 0.1) is 11.3 Å². The summed E-state index contributed by atoms with van der Waals surface area (Å²) in [5.41, 5.74) is 0.778. The number of hydrogen-bond donors (Lipinski definition) is 1. The maximum atomic E-state index is 14.0. The number of halogens is 1. The van der Waals surface area contributed by atoms with Crippen molar-refractivity contribution in [2.75, 3.05) is 24.5 Å². The van der Waals surface area contributed by atoms with Gasteiger partial charge in [-0.3, -0.25) is 9.59 Å². The van der Waals surface area contributed by atoms with Crippen LogP contribution in [-0.2, 0) is 11.2 Å². The van der Waals surface area contributed by atoms with Gasteiger partial charge in [0.2, 0.25) is 5.91 Å². The predicted molar refractivity (Wildman–Crippen MR) is 102 cm³/mol. The average molecular weight is 374 g/mol. The fourth-order valence-corrected chi connectivity index (χ4v) is 4.12. The van der Waals surface area contributed by atoms with E-state index in [4.69, 9.17) is 0 Å². The number of benzene rings is 1. The van der Waals surface area contributed by atoms with E-state index >= 15 is 0 Å². The van der Waals surface area contributed by atoms with E-state index in [1.54, 1.807) is 23.5 Å². The number of nitrogens with one attached hydrogen (secondary N) is 1. The summed E-state index contributed by atoms with van der Waals surface area (Å²) in [5, 5.41) is 5.06. The lowest BCUT2D eigenvalue weighted by atomic mass is 9.94. The minimum atomic E-state index is -0.483. The number of Topliss-reactive ketones (excluding diaryl/α,β-unsaturated/α-hetero) is 1. The molecule has 0 atom stereocenters. The molecule has 0 saturated carbocycles. The zero-order chi connectivity index (χ0) is 18.5. The Morgan fingerprint density at radius 3 is 2.65 bits per heavy atom. The normalized spacial score (nSPS) is 15.1. The van der Waals surface area contributed by atoms with Gasteiger partial charge < -0.3 is 10.2 Å². The van der Waals surface area contributed by atoms with Crippen LogP contribution < -0.4 is 10.2 Å². The van der Waals surface area contributed by atoms with Crippen molar-refractivity contribution in [2.45, 2.75) is 26.2 Å². The average Bonchev–Trinajstić information content (AvgIpc) is 3.14. The fourth-order valence-electron chi connectivity index (χ4n) is 3.42. The molecule has 1 aliphatic rings. The third-order valence-corrected chi connectivity index (χ3v) is 5.74. The summed E-state index contributed by atoms with van der Waals surface area (Å²) in [5.74, 6) is -0.689. The first-order chi connectivity index (χ1) is 12.6. The highest BCUT2D eigenvalue weighted by molar-refractivity contribution is 7.09. The van der Waals surface area contributed by atoms with Gasteiger partial charge in [0, 0.05) is 30.4 Å². The molecule has 26 heavy (non-hydrogen) atoms. The zero-order valence-electron chi connectivity index (χ0n) is 14.8. The topological polar surface area (TPSA) is 49.4 Å². The highest BCUT2D eigenvalue weighted by atomic mass is 32.1. The molecule has 1 amide bonds.